The first-order valence-corrected chi connectivity index (χ1v) is 7.54. The van der Waals surface area contributed by atoms with Gasteiger partial charge in [-0.1, -0.05) is 0 Å². The summed E-state index contributed by atoms with van der Waals surface area (Å²) < 4.78 is 0. The highest BCUT2D eigenvalue weighted by Gasteiger charge is 2.11. The number of piperidine rings is 1. The van der Waals surface area contributed by atoms with Crippen molar-refractivity contribution in [2.45, 2.75) is 39.2 Å². The van der Waals surface area contributed by atoms with E-state index in [4.69, 9.17) is 0 Å². The average molecular weight is 253 g/mol. The van der Waals surface area contributed by atoms with E-state index in [9.17, 15) is 0 Å². The van der Waals surface area contributed by atoms with Gasteiger partial charge in [0.1, 0.15) is 0 Å². The van der Waals surface area contributed by atoms with Crippen LogP contribution in [0, 0.1) is 12.8 Å². The number of thiazole rings is 1. The monoisotopic (exact) mass is 253 g/mol. The van der Waals surface area contributed by atoms with E-state index in [1.807, 2.05) is 5.51 Å². The molecule has 1 aromatic rings. The lowest BCUT2D eigenvalue weighted by Crippen LogP contribution is -2.30. The molecule has 0 saturated carbocycles. The van der Waals surface area contributed by atoms with Gasteiger partial charge in [0.15, 0.2) is 0 Å². The fourth-order valence-electron chi connectivity index (χ4n) is 2.38. The third kappa shape index (κ3) is 4.37. The Hall–Kier alpha value is -0.450. The first-order chi connectivity index (χ1) is 8.36. The van der Waals surface area contributed by atoms with Crippen molar-refractivity contribution in [2.24, 2.45) is 5.92 Å². The first-order valence-electron chi connectivity index (χ1n) is 6.66. The van der Waals surface area contributed by atoms with Crippen LogP contribution in [0.5, 0.6) is 0 Å². The molecule has 1 aliphatic rings. The van der Waals surface area contributed by atoms with Gasteiger partial charge in [0.2, 0.25) is 0 Å². The van der Waals surface area contributed by atoms with Crippen molar-refractivity contribution in [2.75, 3.05) is 19.6 Å². The smallest absolute Gasteiger partial charge is 0.0798 e. The maximum atomic E-state index is 4.26. The predicted octanol–water partition coefficient (Wildman–Crippen LogP) is 2.32. The molecule has 0 bridgehead atoms. The van der Waals surface area contributed by atoms with E-state index in [-0.39, 0.29) is 0 Å². The van der Waals surface area contributed by atoms with E-state index in [2.05, 4.69) is 22.5 Å². The second-order valence-electron chi connectivity index (χ2n) is 4.89. The lowest BCUT2D eigenvalue weighted by molar-refractivity contribution is 0.348. The fraction of sp³-hybridized carbons (Fsp3) is 0.769. The Balaban J connectivity index is 1.53. The minimum atomic E-state index is 0.913. The van der Waals surface area contributed by atoms with Gasteiger partial charge < -0.3 is 10.6 Å². The Bertz CT molecular complexity index is 318. The van der Waals surface area contributed by atoms with Gasteiger partial charge in [-0.05, 0) is 58.2 Å². The van der Waals surface area contributed by atoms with Crippen LogP contribution in [0.25, 0.3) is 0 Å². The number of hydrogen-bond donors (Lipinski definition) is 2. The Kier molecular flexibility index (Phi) is 5.42. The number of nitrogens with zero attached hydrogens (tertiary/aromatic N) is 1. The number of hydrogen-bond acceptors (Lipinski definition) is 4. The van der Waals surface area contributed by atoms with E-state index in [1.165, 1.54) is 49.3 Å². The van der Waals surface area contributed by atoms with Crippen molar-refractivity contribution in [1.29, 1.82) is 0 Å². The highest BCUT2D eigenvalue weighted by molar-refractivity contribution is 7.09. The number of aromatic nitrogens is 1. The molecule has 4 heteroatoms. The maximum Gasteiger partial charge on any atom is 0.0798 e. The van der Waals surface area contributed by atoms with Gasteiger partial charge >= 0.3 is 0 Å². The predicted molar refractivity (Wildman–Crippen MR) is 73.4 cm³/mol. The van der Waals surface area contributed by atoms with Crippen LogP contribution in [0.1, 0.15) is 36.3 Å². The van der Waals surface area contributed by atoms with E-state index in [1.54, 1.807) is 11.3 Å². The minimum Gasteiger partial charge on any atom is -0.316 e. The van der Waals surface area contributed by atoms with Crippen LogP contribution >= 0.6 is 11.3 Å². The van der Waals surface area contributed by atoms with Crippen LogP contribution in [0.2, 0.25) is 0 Å². The second kappa shape index (κ2) is 7.09. The molecule has 3 nitrogen and oxygen atoms in total. The molecule has 1 saturated heterocycles. The van der Waals surface area contributed by atoms with E-state index < -0.39 is 0 Å². The van der Waals surface area contributed by atoms with Crippen LogP contribution < -0.4 is 10.6 Å². The minimum absolute atomic E-state index is 0.913. The molecule has 1 unspecified atom stereocenters. The molecule has 0 spiro atoms. The van der Waals surface area contributed by atoms with Crippen molar-refractivity contribution >= 4 is 11.3 Å². The summed E-state index contributed by atoms with van der Waals surface area (Å²) >= 11 is 1.75. The van der Waals surface area contributed by atoms with Gasteiger partial charge in [0.05, 0.1) is 11.2 Å². The van der Waals surface area contributed by atoms with Crippen LogP contribution in [0.4, 0.5) is 0 Å². The second-order valence-corrected chi connectivity index (χ2v) is 5.83. The molecule has 0 amide bonds. The maximum absolute atomic E-state index is 4.26. The summed E-state index contributed by atoms with van der Waals surface area (Å²) in [7, 11) is 0. The van der Waals surface area contributed by atoms with Crippen molar-refractivity contribution in [3.8, 4) is 0 Å². The first kappa shape index (κ1) is 13.0. The number of rotatable bonds is 6. The van der Waals surface area contributed by atoms with Crippen molar-refractivity contribution in [3.63, 3.8) is 0 Å². The quantitative estimate of drug-likeness (QED) is 0.764. The van der Waals surface area contributed by atoms with Gasteiger partial charge in [0.25, 0.3) is 0 Å². The molecule has 96 valence electrons. The summed E-state index contributed by atoms with van der Waals surface area (Å²) in [5.74, 6) is 0.913. The zero-order valence-corrected chi connectivity index (χ0v) is 11.5. The van der Waals surface area contributed by atoms with Crippen LogP contribution in [-0.2, 0) is 6.54 Å². The molecule has 1 atom stereocenters. The van der Waals surface area contributed by atoms with Crippen molar-refractivity contribution in [1.82, 2.24) is 15.6 Å². The third-order valence-corrected chi connectivity index (χ3v) is 4.43. The summed E-state index contributed by atoms with van der Waals surface area (Å²) in [5, 5.41) is 7.00. The van der Waals surface area contributed by atoms with Crippen molar-refractivity contribution in [3.05, 3.63) is 16.1 Å². The van der Waals surface area contributed by atoms with Crippen LogP contribution in [0.3, 0.4) is 0 Å². The summed E-state index contributed by atoms with van der Waals surface area (Å²) in [4.78, 5) is 5.64. The zero-order chi connectivity index (χ0) is 11.9. The molecule has 2 rings (SSSR count). The highest BCUT2D eigenvalue weighted by Crippen LogP contribution is 2.15. The Labute approximate surface area is 108 Å². The SMILES string of the molecule is Cc1ncsc1CNCCCC1CCCNC1. The topological polar surface area (TPSA) is 37.0 Å². The van der Waals surface area contributed by atoms with Crippen LogP contribution in [0.15, 0.2) is 5.51 Å². The molecule has 2 heterocycles. The van der Waals surface area contributed by atoms with E-state index in [0.717, 1.165) is 19.0 Å². The van der Waals surface area contributed by atoms with Gasteiger partial charge in [-0.25, -0.2) is 4.98 Å². The molecule has 0 aromatic carbocycles. The van der Waals surface area contributed by atoms with E-state index >= 15 is 0 Å². The van der Waals surface area contributed by atoms with Crippen molar-refractivity contribution < 1.29 is 0 Å². The Morgan fingerprint density at radius 1 is 1.59 bits per heavy atom. The standard InChI is InChI=1S/C13H23N3S/c1-11-13(17-10-16-11)9-15-7-3-5-12-4-2-6-14-8-12/h10,12,14-15H,2-9H2,1H3. The lowest BCUT2D eigenvalue weighted by Gasteiger charge is -2.22. The van der Waals surface area contributed by atoms with E-state index in [0.29, 0.717) is 0 Å². The average Bonchev–Trinajstić information content (AvgIpc) is 2.76. The van der Waals surface area contributed by atoms with Gasteiger partial charge in [-0.2, -0.15) is 0 Å². The molecule has 2 N–H and O–H groups in total. The van der Waals surface area contributed by atoms with Gasteiger partial charge in [0, 0.05) is 11.4 Å². The van der Waals surface area contributed by atoms with Gasteiger partial charge in [-0.15, -0.1) is 11.3 Å². The molecular weight excluding hydrogens is 230 g/mol. The number of nitrogens with one attached hydrogen (secondary N) is 2. The van der Waals surface area contributed by atoms with Gasteiger partial charge in [-0.3, -0.25) is 0 Å². The summed E-state index contributed by atoms with van der Waals surface area (Å²) in [5.41, 5.74) is 3.11. The Morgan fingerprint density at radius 2 is 2.53 bits per heavy atom. The summed E-state index contributed by atoms with van der Waals surface area (Å²) in [6, 6.07) is 0. The van der Waals surface area contributed by atoms with Crippen LogP contribution in [-0.4, -0.2) is 24.6 Å². The Morgan fingerprint density at radius 3 is 3.24 bits per heavy atom. The largest absolute Gasteiger partial charge is 0.316 e. The summed E-state index contributed by atoms with van der Waals surface area (Å²) in [6.07, 6.45) is 5.44. The molecule has 1 aliphatic heterocycles. The summed E-state index contributed by atoms with van der Waals surface area (Å²) in [6.45, 7) is 6.65. The third-order valence-electron chi connectivity index (χ3n) is 3.50. The lowest BCUT2D eigenvalue weighted by atomic mass is 9.95. The molecule has 0 radical (unpaired) electrons. The molecule has 1 aromatic heterocycles. The molecule has 0 aliphatic carbocycles. The highest BCUT2D eigenvalue weighted by atomic mass is 32.1. The number of aryl methyl sites for hydroxylation is 1. The molecule has 17 heavy (non-hydrogen) atoms. The molecular formula is C13H23N3S. The zero-order valence-electron chi connectivity index (χ0n) is 10.7. The normalized spacial score (nSPS) is 20.6. The molecule has 1 fully saturated rings. The fourth-order valence-corrected chi connectivity index (χ4v) is 3.13.